The summed E-state index contributed by atoms with van der Waals surface area (Å²) in [5.74, 6) is -0.259. The molecule has 0 bridgehead atoms. The molecule has 1 fully saturated rings. The standard InChI is InChI=1S/C15H23FN2/c1-3-7-15(8-4-2)10-18(11-15)14-6-5-12(16)9-13(14)17/h5-6,9H,3-4,7-8,10-11,17H2,1-2H3. The van der Waals surface area contributed by atoms with Gasteiger partial charge in [0.2, 0.25) is 0 Å². The highest BCUT2D eigenvalue weighted by molar-refractivity contribution is 5.68. The smallest absolute Gasteiger partial charge is 0.125 e. The maximum absolute atomic E-state index is 13.0. The minimum Gasteiger partial charge on any atom is -0.397 e. The number of halogens is 1. The number of nitrogen functional groups attached to an aromatic ring is 1. The van der Waals surface area contributed by atoms with Crippen molar-refractivity contribution in [3.63, 3.8) is 0 Å². The van der Waals surface area contributed by atoms with E-state index in [0.717, 1.165) is 18.8 Å². The second kappa shape index (κ2) is 5.17. The molecular formula is C15H23FN2. The molecule has 1 aromatic carbocycles. The Morgan fingerprint density at radius 3 is 2.33 bits per heavy atom. The lowest BCUT2D eigenvalue weighted by atomic mass is 9.72. The predicted molar refractivity (Wildman–Crippen MR) is 75.3 cm³/mol. The van der Waals surface area contributed by atoms with Crippen LogP contribution in [0, 0.1) is 11.2 Å². The molecule has 1 aliphatic heterocycles. The van der Waals surface area contributed by atoms with Gasteiger partial charge < -0.3 is 10.6 Å². The fourth-order valence-corrected chi connectivity index (χ4v) is 3.25. The van der Waals surface area contributed by atoms with E-state index in [2.05, 4.69) is 18.7 Å². The van der Waals surface area contributed by atoms with Crippen LogP contribution in [0.3, 0.4) is 0 Å². The van der Waals surface area contributed by atoms with Gasteiger partial charge in [0.15, 0.2) is 0 Å². The van der Waals surface area contributed by atoms with Crippen molar-refractivity contribution in [2.24, 2.45) is 5.41 Å². The second-order valence-corrected chi connectivity index (χ2v) is 5.56. The molecule has 0 spiro atoms. The zero-order chi connectivity index (χ0) is 13.2. The van der Waals surface area contributed by atoms with E-state index in [1.807, 2.05) is 0 Å². The SMILES string of the molecule is CCCC1(CCC)CN(c2ccc(F)cc2N)C1. The van der Waals surface area contributed by atoms with Crippen LogP contribution in [0.15, 0.2) is 18.2 Å². The van der Waals surface area contributed by atoms with Gasteiger partial charge in [-0.15, -0.1) is 0 Å². The van der Waals surface area contributed by atoms with Crippen LogP contribution in [0.5, 0.6) is 0 Å². The van der Waals surface area contributed by atoms with Crippen molar-refractivity contribution in [1.82, 2.24) is 0 Å². The largest absolute Gasteiger partial charge is 0.397 e. The van der Waals surface area contributed by atoms with Crippen LogP contribution in [0.1, 0.15) is 39.5 Å². The van der Waals surface area contributed by atoms with Crippen molar-refractivity contribution in [2.75, 3.05) is 23.7 Å². The molecular weight excluding hydrogens is 227 g/mol. The topological polar surface area (TPSA) is 29.3 Å². The molecule has 0 unspecified atom stereocenters. The van der Waals surface area contributed by atoms with E-state index in [-0.39, 0.29) is 5.82 Å². The number of hydrogen-bond acceptors (Lipinski definition) is 2. The van der Waals surface area contributed by atoms with E-state index in [0.29, 0.717) is 11.1 Å². The summed E-state index contributed by atoms with van der Waals surface area (Å²) in [6.07, 6.45) is 5.01. The third-order valence-corrected chi connectivity index (χ3v) is 3.94. The molecule has 0 aliphatic carbocycles. The van der Waals surface area contributed by atoms with Crippen molar-refractivity contribution in [3.05, 3.63) is 24.0 Å². The van der Waals surface area contributed by atoms with Crippen molar-refractivity contribution < 1.29 is 4.39 Å². The maximum Gasteiger partial charge on any atom is 0.125 e. The van der Waals surface area contributed by atoms with E-state index in [4.69, 9.17) is 5.73 Å². The molecule has 0 atom stereocenters. The first-order valence-electron chi connectivity index (χ1n) is 6.90. The average Bonchev–Trinajstić information content (AvgIpc) is 2.26. The van der Waals surface area contributed by atoms with E-state index in [1.54, 1.807) is 6.07 Å². The fourth-order valence-electron chi connectivity index (χ4n) is 3.25. The molecule has 3 heteroatoms. The highest BCUT2D eigenvalue weighted by atomic mass is 19.1. The van der Waals surface area contributed by atoms with Crippen molar-refractivity contribution in [3.8, 4) is 0 Å². The number of benzene rings is 1. The van der Waals surface area contributed by atoms with Gasteiger partial charge in [0.25, 0.3) is 0 Å². The monoisotopic (exact) mass is 250 g/mol. The van der Waals surface area contributed by atoms with Crippen LogP contribution >= 0.6 is 0 Å². The summed E-state index contributed by atoms with van der Waals surface area (Å²) in [6, 6.07) is 4.70. The Morgan fingerprint density at radius 1 is 1.22 bits per heavy atom. The van der Waals surface area contributed by atoms with Crippen LogP contribution < -0.4 is 10.6 Å². The number of hydrogen-bond donors (Lipinski definition) is 1. The van der Waals surface area contributed by atoms with Crippen LogP contribution in [-0.4, -0.2) is 13.1 Å². The van der Waals surface area contributed by atoms with Gasteiger partial charge in [-0.25, -0.2) is 4.39 Å². The maximum atomic E-state index is 13.0. The molecule has 0 aromatic heterocycles. The highest BCUT2D eigenvalue weighted by Gasteiger charge is 2.41. The molecule has 0 radical (unpaired) electrons. The van der Waals surface area contributed by atoms with Gasteiger partial charge in [-0.05, 0) is 31.0 Å². The summed E-state index contributed by atoms with van der Waals surface area (Å²) < 4.78 is 13.0. The summed E-state index contributed by atoms with van der Waals surface area (Å²) in [5, 5.41) is 0. The quantitative estimate of drug-likeness (QED) is 0.805. The van der Waals surface area contributed by atoms with E-state index in [9.17, 15) is 4.39 Å². The first kappa shape index (κ1) is 13.2. The number of rotatable bonds is 5. The van der Waals surface area contributed by atoms with Crippen LogP contribution in [0.4, 0.5) is 15.8 Å². The Kier molecular flexibility index (Phi) is 3.79. The minimum absolute atomic E-state index is 0.259. The van der Waals surface area contributed by atoms with E-state index in [1.165, 1.54) is 37.8 Å². The first-order chi connectivity index (χ1) is 8.60. The molecule has 1 aromatic rings. The molecule has 0 amide bonds. The Hall–Kier alpha value is -1.25. The van der Waals surface area contributed by atoms with Gasteiger partial charge in [-0.2, -0.15) is 0 Å². The minimum atomic E-state index is -0.259. The highest BCUT2D eigenvalue weighted by Crippen LogP contribution is 2.43. The lowest BCUT2D eigenvalue weighted by molar-refractivity contribution is 0.173. The summed E-state index contributed by atoms with van der Waals surface area (Å²) in [4.78, 5) is 2.28. The summed E-state index contributed by atoms with van der Waals surface area (Å²) in [7, 11) is 0. The molecule has 1 heterocycles. The first-order valence-corrected chi connectivity index (χ1v) is 6.90. The average molecular weight is 250 g/mol. The van der Waals surface area contributed by atoms with Crippen molar-refractivity contribution in [1.29, 1.82) is 0 Å². The zero-order valence-electron chi connectivity index (χ0n) is 11.4. The van der Waals surface area contributed by atoms with Gasteiger partial charge in [-0.1, -0.05) is 26.7 Å². The molecule has 2 rings (SSSR count). The van der Waals surface area contributed by atoms with Crippen molar-refractivity contribution in [2.45, 2.75) is 39.5 Å². The third-order valence-electron chi connectivity index (χ3n) is 3.94. The van der Waals surface area contributed by atoms with Crippen LogP contribution in [0.2, 0.25) is 0 Å². The van der Waals surface area contributed by atoms with Gasteiger partial charge >= 0.3 is 0 Å². The van der Waals surface area contributed by atoms with Gasteiger partial charge in [0.05, 0.1) is 11.4 Å². The lowest BCUT2D eigenvalue weighted by Gasteiger charge is -2.52. The Balaban J connectivity index is 2.06. The number of anilines is 2. The molecule has 1 saturated heterocycles. The van der Waals surface area contributed by atoms with Crippen molar-refractivity contribution >= 4 is 11.4 Å². The molecule has 0 saturated carbocycles. The van der Waals surface area contributed by atoms with Gasteiger partial charge in [0.1, 0.15) is 5.82 Å². The Morgan fingerprint density at radius 2 is 1.83 bits per heavy atom. The normalized spacial score (nSPS) is 17.6. The fraction of sp³-hybridized carbons (Fsp3) is 0.600. The number of nitrogens with zero attached hydrogens (tertiary/aromatic N) is 1. The zero-order valence-corrected chi connectivity index (χ0v) is 11.4. The lowest BCUT2D eigenvalue weighted by Crippen LogP contribution is -2.56. The molecule has 18 heavy (non-hydrogen) atoms. The Labute approximate surface area is 109 Å². The summed E-state index contributed by atoms with van der Waals surface area (Å²) in [6.45, 7) is 6.60. The third kappa shape index (κ3) is 2.45. The molecule has 100 valence electrons. The predicted octanol–water partition coefficient (Wildman–Crippen LogP) is 3.81. The van der Waals surface area contributed by atoms with E-state index < -0.39 is 0 Å². The van der Waals surface area contributed by atoms with Crippen LogP contribution in [-0.2, 0) is 0 Å². The van der Waals surface area contributed by atoms with Crippen LogP contribution in [0.25, 0.3) is 0 Å². The van der Waals surface area contributed by atoms with E-state index >= 15 is 0 Å². The molecule has 1 aliphatic rings. The Bertz CT molecular complexity index is 403. The van der Waals surface area contributed by atoms with Gasteiger partial charge in [0, 0.05) is 18.5 Å². The summed E-state index contributed by atoms with van der Waals surface area (Å²) in [5.41, 5.74) is 7.89. The second-order valence-electron chi connectivity index (χ2n) is 5.56. The molecule has 2 N–H and O–H groups in total. The molecule has 2 nitrogen and oxygen atoms in total. The summed E-state index contributed by atoms with van der Waals surface area (Å²) >= 11 is 0. The van der Waals surface area contributed by atoms with Gasteiger partial charge in [-0.3, -0.25) is 0 Å². The number of nitrogens with two attached hydrogens (primary N) is 1.